The van der Waals surface area contributed by atoms with Crippen molar-refractivity contribution in [1.82, 2.24) is 5.32 Å². The highest BCUT2D eigenvalue weighted by Gasteiger charge is 2.37. The van der Waals surface area contributed by atoms with Crippen molar-refractivity contribution in [3.8, 4) is 5.75 Å². The van der Waals surface area contributed by atoms with Crippen molar-refractivity contribution in [3.05, 3.63) is 65.7 Å². The summed E-state index contributed by atoms with van der Waals surface area (Å²) >= 11 is 0. The minimum Gasteiger partial charge on any atom is -0.489 e. The Morgan fingerprint density at radius 1 is 1.05 bits per heavy atom. The van der Waals surface area contributed by atoms with Crippen LogP contribution >= 0.6 is 0 Å². The Labute approximate surface area is 127 Å². The average molecular weight is 281 g/mol. The summed E-state index contributed by atoms with van der Waals surface area (Å²) in [4.78, 5) is 0. The van der Waals surface area contributed by atoms with E-state index in [-0.39, 0.29) is 0 Å². The van der Waals surface area contributed by atoms with Gasteiger partial charge in [-0.3, -0.25) is 0 Å². The number of benzene rings is 2. The fraction of sp³-hybridized carbons (Fsp3) is 0.368. The quantitative estimate of drug-likeness (QED) is 0.829. The third-order valence-electron chi connectivity index (χ3n) is 4.14. The molecule has 2 unspecified atom stereocenters. The maximum atomic E-state index is 5.83. The van der Waals surface area contributed by atoms with Crippen molar-refractivity contribution in [1.29, 1.82) is 0 Å². The summed E-state index contributed by atoms with van der Waals surface area (Å²) < 4.78 is 5.83. The lowest BCUT2D eigenvalue weighted by Crippen LogP contribution is -2.16. The molecule has 3 rings (SSSR count). The topological polar surface area (TPSA) is 21.3 Å². The highest BCUT2D eigenvalue weighted by Crippen LogP contribution is 2.47. The molecule has 0 amide bonds. The summed E-state index contributed by atoms with van der Waals surface area (Å²) in [5, 5.41) is 3.44. The van der Waals surface area contributed by atoms with Gasteiger partial charge >= 0.3 is 0 Å². The van der Waals surface area contributed by atoms with E-state index >= 15 is 0 Å². The number of rotatable bonds is 7. The molecule has 0 radical (unpaired) electrons. The van der Waals surface area contributed by atoms with Crippen LogP contribution < -0.4 is 10.1 Å². The van der Waals surface area contributed by atoms with E-state index in [1.165, 1.54) is 17.5 Å². The largest absolute Gasteiger partial charge is 0.489 e. The first-order valence-corrected chi connectivity index (χ1v) is 7.84. The van der Waals surface area contributed by atoms with Crippen LogP contribution in [0.15, 0.2) is 54.6 Å². The van der Waals surface area contributed by atoms with E-state index in [1.807, 2.05) is 18.2 Å². The Kier molecular flexibility index (Phi) is 4.56. The van der Waals surface area contributed by atoms with Crippen LogP contribution in [0.4, 0.5) is 0 Å². The third kappa shape index (κ3) is 3.85. The predicted molar refractivity (Wildman–Crippen MR) is 86.6 cm³/mol. The molecule has 2 aromatic carbocycles. The maximum Gasteiger partial charge on any atom is 0.119 e. The van der Waals surface area contributed by atoms with E-state index in [0.717, 1.165) is 30.7 Å². The van der Waals surface area contributed by atoms with Crippen LogP contribution in [0.1, 0.15) is 30.4 Å². The molecule has 1 aliphatic carbocycles. The molecule has 0 bridgehead atoms. The van der Waals surface area contributed by atoms with E-state index in [4.69, 9.17) is 4.74 Å². The standard InChI is InChI=1S/C19H23NO/c1-2-20-13-17-12-19(17)16-8-10-18(11-9-16)21-14-15-6-4-3-5-7-15/h3-11,17,19-20H,2,12-14H2,1H3. The fourth-order valence-corrected chi connectivity index (χ4v) is 2.76. The van der Waals surface area contributed by atoms with Gasteiger partial charge in [0.05, 0.1) is 0 Å². The first-order valence-electron chi connectivity index (χ1n) is 7.84. The van der Waals surface area contributed by atoms with E-state index in [2.05, 4.69) is 48.6 Å². The Morgan fingerprint density at radius 3 is 2.52 bits per heavy atom. The molecule has 1 fully saturated rings. The highest BCUT2D eigenvalue weighted by molar-refractivity contribution is 5.33. The molecule has 1 N–H and O–H groups in total. The van der Waals surface area contributed by atoms with Crippen LogP contribution in [-0.4, -0.2) is 13.1 Å². The zero-order valence-corrected chi connectivity index (χ0v) is 12.6. The van der Waals surface area contributed by atoms with Gasteiger partial charge in [-0.15, -0.1) is 0 Å². The highest BCUT2D eigenvalue weighted by atomic mass is 16.5. The molecule has 0 heterocycles. The average Bonchev–Trinajstić information content (AvgIpc) is 3.32. The molecule has 110 valence electrons. The van der Waals surface area contributed by atoms with Crippen molar-refractivity contribution >= 4 is 0 Å². The van der Waals surface area contributed by atoms with E-state index in [1.54, 1.807) is 0 Å². The van der Waals surface area contributed by atoms with Crippen molar-refractivity contribution in [2.45, 2.75) is 25.9 Å². The normalized spacial score (nSPS) is 20.2. The minimum atomic E-state index is 0.632. The number of nitrogens with one attached hydrogen (secondary N) is 1. The second-order valence-corrected chi connectivity index (χ2v) is 5.75. The van der Waals surface area contributed by atoms with Gasteiger partial charge in [0.25, 0.3) is 0 Å². The zero-order valence-electron chi connectivity index (χ0n) is 12.6. The lowest BCUT2D eigenvalue weighted by Gasteiger charge is -2.07. The molecule has 1 aliphatic rings. The minimum absolute atomic E-state index is 0.632. The molecule has 0 aromatic heterocycles. The van der Waals surface area contributed by atoms with Crippen LogP contribution in [0, 0.1) is 5.92 Å². The Morgan fingerprint density at radius 2 is 1.81 bits per heavy atom. The van der Waals surface area contributed by atoms with Crippen LogP contribution in [0.2, 0.25) is 0 Å². The zero-order chi connectivity index (χ0) is 14.5. The van der Waals surface area contributed by atoms with Gasteiger partial charge in [-0.2, -0.15) is 0 Å². The monoisotopic (exact) mass is 281 g/mol. The second-order valence-electron chi connectivity index (χ2n) is 5.75. The van der Waals surface area contributed by atoms with Crippen LogP contribution in [0.5, 0.6) is 5.75 Å². The van der Waals surface area contributed by atoms with Gasteiger partial charge in [-0.25, -0.2) is 0 Å². The number of hydrogen-bond acceptors (Lipinski definition) is 2. The van der Waals surface area contributed by atoms with Crippen LogP contribution in [-0.2, 0) is 6.61 Å². The Bertz CT molecular complexity index is 550. The van der Waals surface area contributed by atoms with Gasteiger partial charge in [0.15, 0.2) is 0 Å². The van der Waals surface area contributed by atoms with Crippen molar-refractivity contribution in [3.63, 3.8) is 0 Å². The molecule has 0 spiro atoms. The van der Waals surface area contributed by atoms with E-state index < -0.39 is 0 Å². The van der Waals surface area contributed by atoms with Gasteiger partial charge in [0.2, 0.25) is 0 Å². The van der Waals surface area contributed by atoms with Gasteiger partial charge in [0.1, 0.15) is 12.4 Å². The third-order valence-corrected chi connectivity index (χ3v) is 4.14. The smallest absolute Gasteiger partial charge is 0.119 e. The Hall–Kier alpha value is -1.80. The lowest BCUT2D eigenvalue weighted by atomic mass is 10.1. The second kappa shape index (κ2) is 6.77. The van der Waals surface area contributed by atoms with Crippen LogP contribution in [0.3, 0.4) is 0 Å². The van der Waals surface area contributed by atoms with Crippen molar-refractivity contribution in [2.75, 3.05) is 13.1 Å². The first-order chi connectivity index (χ1) is 10.4. The van der Waals surface area contributed by atoms with Crippen LogP contribution in [0.25, 0.3) is 0 Å². The lowest BCUT2D eigenvalue weighted by molar-refractivity contribution is 0.306. The summed E-state index contributed by atoms with van der Waals surface area (Å²) in [6.45, 7) is 5.01. The molecular weight excluding hydrogens is 258 g/mol. The predicted octanol–water partition coefficient (Wildman–Crippen LogP) is 3.98. The number of ether oxygens (including phenoxy) is 1. The van der Waals surface area contributed by atoms with E-state index in [9.17, 15) is 0 Å². The van der Waals surface area contributed by atoms with Crippen molar-refractivity contribution < 1.29 is 4.74 Å². The molecule has 0 aliphatic heterocycles. The van der Waals surface area contributed by atoms with E-state index in [0.29, 0.717) is 6.61 Å². The molecule has 2 atom stereocenters. The molecule has 0 saturated heterocycles. The van der Waals surface area contributed by atoms with Crippen molar-refractivity contribution in [2.24, 2.45) is 5.92 Å². The number of hydrogen-bond donors (Lipinski definition) is 1. The molecule has 1 saturated carbocycles. The van der Waals surface area contributed by atoms with Gasteiger partial charge in [0, 0.05) is 0 Å². The summed E-state index contributed by atoms with van der Waals surface area (Å²) in [6.07, 6.45) is 1.32. The summed E-state index contributed by atoms with van der Waals surface area (Å²) in [6, 6.07) is 18.9. The first kappa shape index (κ1) is 14.2. The molecular formula is C19H23NO. The SMILES string of the molecule is CCNCC1CC1c1ccc(OCc2ccccc2)cc1. The maximum absolute atomic E-state index is 5.83. The molecule has 2 aromatic rings. The summed E-state index contributed by atoms with van der Waals surface area (Å²) in [5.74, 6) is 2.51. The van der Waals surface area contributed by atoms with Gasteiger partial charge in [-0.05, 0) is 54.6 Å². The molecule has 2 nitrogen and oxygen atoms in total. The fourth-order valence-electron chi connectivity index (χ4n) is 2.76. The summed E-state index contributed by atoms with van der Waals surface area (Å²) in [7, 11) is 0. The molecule has 2 heteroatoms. The Balaban J connectivity index is 1.51. The van der Waals surface area contributed by atoms with Gasteiger partial charge < -0.3 is 10.1 Å². The summed E-state index contributed by atoms with van der Waals surface area (Å²) in [5.41, 5.74) is 2.65. The molecule has 21 heavy (non-hydrogen) atoms. The van der Waals surface area contributed by atoms with Gasteiger partial charge in [-0.1, -0.05) is 49.4 Å².